The third kappa shape index (κ3) is 4.47. The number of amidine groups is 1. The maximum Gasteiger partial charge on any atom is 0.251 e. The Morgan fingerprint density at radius 3 is 2.82 bits per heavy atom. The molecule has 0 radical (unpaired) electrons. The Morgan fingerprint density at radius 2 is 2.14 bits per heavy atom. The van der Waals surface area contributed by atoms with E-state index in [-0.39, 0.29) is 12.5 Å². The number of rotatable bonds is 8. The number of hydrogen-bond donors (Lipinski definition) is 2. The number of aliphatic hydroxyl groups excluding tert-OH is 1. The van der Waals surface area contributed by atoms with E-state index in [0.29, 0.717) is 37.5 Å². The average molecular weight is 303 g/mol. The van der Waals surface area contributed by atoms with Crippen LogP contribution in [0.3, 0.4) is 0 Å². The fraction of sp³-hybridized carbons (Fsp3) is 0.438. The van der Waals surface area contributed by atoms with Crippen molar-refractivity contribution in [3.05, 3.63) is 35.4 Å². The summed E-state index contributed by atoms with van der Waals surface area (Å²) in [5, 5.41) is 11.7. The lowest BCUT2D eigenvalue weighted by molar-refractivity contribution is 0.0948. The van der Waals surface area contributed by atoms with Crippen LogP contribution < -0.4 is 5.32 Å². The van der Waals surface area contributed by atoms with Crippen molar-refractivity contribution in [3.8, 4) is 0 Å². The monoisotopic (exact) mass is 303 g/mol. The van der Waals surface area contributed by atoms with E-state index in [0.717, 1.165) is 17.7 Å². The predicted octanol–water partition coefficient (Wildman–Crippen LogP) is 1.04. The van der Waals surface area contributed by atoms with Crippen LogP contribution in [0.1, 0.15) is 28.8 Å². The van der Waals surface area contributed by atoms with Crippen molar-refractivity contribution in [2.75, 3.05) is 33.4 Å². The number of amides is 1. The average Bonchev–Trinajstić information content (AvgIpc) is 3.00. The van der Waals surface area contributed by atoms with Gasteiger partial charge in [0.15, 0.2) is 5.84 Å². The van der Waals surface area contributed by atoms with Crippen LogP contribution in [0.4, 0.5) is 0 Å². The van der Waals surface area contributed by atoms with Crippen molar-refractivity contribution in [1.29, 1.82) is 0 Å². The highest BCUT2D eigenvalue weighted by molar-refractivity contribution is 6.11. The number of benzene rings is 1. The number of carbonyl (C=O) groups excluding carboxylic acids is 1. The minimum Gasteiger partial charge on any atom is -0.396 e. The second-order valence-electron chi connectivity index (χ2n) is 4.97. The van der Waals surface area contributed by atoms with E-state index >= 15 is 0 Å². The molecule has 0 unspecified atom stereocenters. The Morgan fingerprint density at radius 1 is 1.36 bits per heavy atom. The lowest BCUT2D eigenvalue weighted by Gasteiger charge is -2.05. The molecule has 0 fully saturated rings. The topological polar surface area (TPSA) is 83.3 Å². The molecule has 1 aromatic rings. The van der Waals surface area contributed by atoms with E-state index in [1.165, 1.54) is 0 Å². The zero-order valence-electron chi connectivity index (χ0n) is 12.7. The normalized spacial score (nSPS) is 13.7. The lowest BCUT2D eigenvalue weighted by atomic mass is 10.1. The molecule has 0 aliphatic carbocycles. The van der Waals surface area contributed by atoms with Crippen molar-refractivity contribution >= 4 is 17.5 Å². The highest BCUT2D eigenvalue weighted by Gasteiger charge is 2.12. The van der Waals surface area contributed by atoms with Gasteiger partial charge in [-0.1, -0.05) is 12.1 Å². The standard InChI is InChI=1S/C16H21N3O3/c1-22-10-2-8-17-16(21)13-5-3-12(4-6-13)15-18-11-14(19-15)7-9-20/h3-6,20H,2,7-11H2,1H3,(H,17,21). The van der Waals surface area contributed by atoms with E-state index in [9.17, 15) is 4.79 Å². The molecular formula is C16H21N3O3. The highest BCUT2D eigenvalue weighted by Crippen LogP contribution is 2.11. The van der Waals surface area contributed by atoms with Gasteiger partial charge in [-0.3, -0.25) is 9.79 Å². The van der Waals surface area contributed by atoms with Gasteiger partial charge in [0.2, 0.25) is 0 Å². The molecule has 1 aromatic carbocycles. The number of aliphatic hydroxyl groups is 1. The largest absolute Gasteiger partial charge is 0.396 e. The van der Waals surface area contributed by atoms with Gasteiger partial charge in [-0.15, -0.1) is 0 Å². The number of methoxy groups -OCH3 is 1. The Hall–Kier alpha value is -2.05. The SMILES string of the molecule is COCCCNC(=O)c1ccc(C2=NCC(CCO)=N2)cc1. The molecule has 2 rings (SSSR count). The first kappa shape index (κ1) is 16.3. The number of hydrogen-bond acceptors (Lipinski definition) is 5. The number of nitrogens with one attached hydrogen (secondary N) is 1. The van der Waals surface area contributed by atoms with Gasteiger partial charge in [0, 0.05) is 50.1 Å². The number of ether oxygens (including phenoxy) is 1. The Labute approximate surface area is 129 Å². The van der Waals surface area contributed by atoms with Crippen LogP contribution in [-0.2, 0) is 4.74 Å². The van der Waals surface area contributed by atoms with Gasteiger partial charge in [-0.2, -0.15) is 0 Å². The molecular weight excluding hydrogens is 282 g/mol. The van der Waals surface area contributed by atoms with Crippen molar-refractivity contribution < 1.29 is 14.6 Å². The fourth-order valence-corrected chi connectivity index (χ4v) is 2.10. The van der Waals surface area contributed by atoms with Crippen molar-refractivity contribution in [3.63, 3.8) is 0 Å². The molecule has 22 heavy (non-hydrogen) atoms. The van der Waals surface area contributed by atoms with E-state index in [1.807, 2.05) is 12.1 Å². The quantitative estimate of drug-likeness (QED) is 0.704. The smallest absolute Gasteiger partial charge is 0.251 e. The highest BCUT2D eigenvalue weighted by atomic mass is 16.5. The molecule has 0 atom stereocenters. The summed E-state index contributed by atoms with van der Waals surface area (Å²) in [5.74, 6) is 0.566. The molecule has 1 amide bonds. The Bertz CT molecular complexity index is 565. The number of carbonyl (C=O) groups is 1. The van der Waals surface area contributed by atoms with Crippen molar-refractivity contribution in [2.45, 2.75) is 12.8 Å². The van der Waals surface area contributed by atoms with Crippen LogP contribution in [-0.4, -0.2) is 56.0 Å². The molecule has 1 heterocycles. The van der Waals surface area contributed by atoms with Crippen LogP contribution in [0.5, 0.6) is 0 Å². The predicted molar refractivity (Wildman–Crippen MR) is 85.8 cm³/mol. The van der Waals surface area contributed by atoms with E-state index in [2.05, 4.69) is 15.3 Å². The van der Waals surface area contributed by atoms with Gasteiger partial charge in [0.05, 0.1) is 6.54 Å². The molecule has 0 spiro atoms. The molecule has 0 bridgehead atoms. The number of aliphatic imine (C=N–C) groups is 2. The molecule has 6 heteroatoms. The lowest BCUT2D eigenvalue weighted by Crippen LogP contribution is -2.25. The molecule has 1 aliphatic rings. The van der Waals surface area contributed by atoms with Crippen molar-refractivity contribution in [2.24, 2.45) is 9.98 Å². The van der Waals surface area contributed by atoms with E-state index in [4.69, 9.17) is 9.84 Å². The van der Waals surface area contributed by atoms with E-state index < -0.39 is 0 Å². The maximum atomic E-state index is 11.9. The first-order chi connectivity index (χ1) is 10.7. The van der Waals surface area contributed by atoms with Crippen LogP contribution >= 0.6 is 0 Å². The second kappa shape index (κ2) is 8.41. The first-order valence-corrected chi connectivity index (χ1v) is 7.34. The van der Waals surface area contributed by atoms with Crippen LogP contribution in [0, 0.1) is 0 Å². The molecule has 0 aromatic heterocycles. The fourth-order valence-electron chi connectivity index (χ4n) is 2.10. The molecule has 0 saturated heterocycles. The Balaban J connectivity index is 1.92. The number of nitrogens with zero attached hydrogens (tertiary/aromatic N) is 2. The summed E-state index contributed by atoms with van der Waals surface area (Å²) in [5.41, 5.74) is 2.38. The minimum atomic E-state index is -0.0968. The molecule has 0 saturated carbocycles. The van der Waals surface area contributed by atoms with Gasteiger partial charge in [-0.25, -0.2) is 4.99 Å². The molecule has 2 N–H and O–H groups in total. The van der Waals surface area contributed by atoms with Gasteiger partial charge >= 0.3 is 0 Å². The summed E-state index contributed by atoms with van der Waals surface area (Å²) < 4.78 is 4.94. The van der Waals surface area contributed by atoms with E-state index in [1.54, 1.807) is 19.2 Å². The summed E-state index contributed by atoms with van der Waals surface area (Å²) in [6.45, 7) is 1.85. The first-order valence-electron chi connectivity index (χ1n) is 7.34. The van der Waals surface area contributed by atoms with Crippen LogP contribution in [0.2, 0.25) is 0 Å². The summed E-state index contributed by atoms with van der Waals surface area (Å²) >= 11 is 0. The van der Waals surface area contributed by atoms with Crippen molar-refractivity contribution in [1.82, 2.24) is 5.32 Å². The third-order valence-electron chi connectivity index (χ3n) is 3.29. The molecule has 6 nitrogen and oxygen atoms in total. The van der Waals surface area contributed by atoms with Crippen LogP contribution in [0.15, 0.2) is 34.3 Å². The zero-order chi connectivity index (χ0) is 15.8. The van der Waals surface area contributed by atoms with Gasteiger partial charge in [0.25, 0.3) is 5.91 Å². The molecule has 118 valence electrons. The maximum absolute atomic E-state index is 11.9. The molecule has 1 aliphatic heterocycles. The Kier molecular flexibility index (Phi) is 6.24. The van der Waals surface area contributed by atoms with Gasteiger partial charge in [-0.05, 0) is 18.6 Å². The minimum absolute atomic E-state index is 0.0871. The summed E-state index contributed by atoms with van der Waals surface area (Å²) in [4.78, 5) is 20.7. The van der Waals surface area contributed by atoms with Gasteiger partial charge in [0.1, 0.15) is 0 Å². The van der Waals surface area contributed by atoms with Crippen LogP contribution in [0.25, 0.3) is 0 Å². The second-order valence-corrected chi connectivity index (χ2v) is 4.97. The third-order valence-corrected chi connectivity index (χ3v) is 3.29. The summed E-state index contributed by atoms with van der Waals surface area (Å²) in [6, 6.07) is 7.22. The van der Waals surface area contributed by atoms with Gasteiger partial charge < -0.3 is 15.2 Å². The summed E-state index contributed by atoms with van der Waals surface area (Å²) in [6.07, 6.45) is 1.34. The zero-order valence-corrected chi connectivity index (χ0v) is 12.7. The summed E-state index contributed by atoms with van der Waals surface area (Å²) in [7, 11) is 1.64.